The van der Waals surface area contributed by atoms with Gasteiger partial charge in [-0.2, -0.15) is 4.98 Å². The second-order valence-corrected chi connectivity index (χ2v) is 7.18. The van der Waals surface area contributed by atoms with Crippen molar-refractivity contribution in [1.29, 1.82) is 0 Å². The summed E-state index contributed by atoms with van der Waals surface area (Å²) in [6.07, 6.45) is 0. The zero-order valence-electron chi connectivity index (χ0n) is 15.0. The van der Waals surface area contributed by atoms with Crippen molar-refractivity contribution >= 4 is 39.3 Å². The Hall–Kier alpha value is -2.32. The molecule has 1 aromatic heterocycles. The number of hydrogen-bond donors (Lipinski definition) is 1. The van der Waals surface area contributed by atoms with Crippen LogP contribution in [0.1, 0.15) is 24.2 Å². The van der Waals surface area contributed by atoms with Gasteiger partial charge in [-0.25, -0.2) is 4.68 Å². The lowest BCUT2D eigenvalue weighted by Gasteiger charge is -2.13. The summed E-state index contributed by atoms with van der Waals surface area (Å²) in [6, 6.07) is 14.8. The molecule has 8 heteroatoms. The van der Waals surface area contributed by atoms with E-state index in [0.717, 1.165) is 10.1 Å². The number of rotatable bonds is 7. The third-order valence-electron chi connectivity index (χ3n) is 3.68. The highest BCUT2D eigenvalue weighted by Crippen LogP contribution is 2.33. The van der Waals surface area contributed by atoms with Gasteiger partial charge in [0.05, 0.1) is 17.9 Å². The number of nitrogens with one attached hydrogen (secondary N) is 1. The number of amides is 1. The van der Waals surface area contributed by atoms with Gasteiger partial charge in [-0.05, 0) is 65.8 Å². The maximum atomic E-state index is 12.8. The molecule has 140 valence electrons. The fourth-order valence-corrected chi connectivity index (χ4v) is 3.92. The first-order chi connectivity index (χ1) is 13.1. The first-order valence-corrected chi connectivity index (χ1v) is 10.1. The van der Waals surface area contributed by atoms with Crippen LogP contribution in [0.5, 0.6) is 5.75 Å². The molecule has 0 bridgehead atoms. The first kappa shape index (κ1) is 19.4. The Kier molecular flexibility index (Phi) is 6.52. The Labute approximate surface area is 170 Å². The summed E-state index contributed by atoms with van der Waals surface area (Å²) in [5.74, 6) is 0.350. The molecule has 6 nitrogen and oxygen atoms in total. The predicted octanol–water partition coefficient (Wildman–Crippen LogP) is 4.86. The Bertz CT molecular complexity index is 945. The van der Waals surface area contributed by atoms with E-state index in [-0.39, 0.29) is 5.91 Å². The fraction of sp³-hybridized carbons (Fsp3) is 0.211. The van der Waals surface area contributed by atoms with Crippen LogP contribution in [0.2, 0.25) is 0 Å². The van der Waals surface area contributed by atoms with Crippen LogP contribution in [0.3, 0.4) is 0 Å². The average Bonchev–Trinajstić information content (AvgIpc) is 3.03. The second-order valence-electron chi connectivity index (χ2n) is 5.46. The molecule has 0 aliphatic rings. The molecular weight excluding hydrogens is 428 g/mol. The third kappa shape index (κ3) is 4.70. The maximum Gasteiger partial charge on any atom is 0.259 e. The van der Waals surface area contributed by atoms with E-state index >= 15 is 0 Å². The van der Waals surface area contributed by atoms with Gasteiger partial charge in [0.15, 0.2) is 5.16 Å². The third-order valence-corrected chi connectivity index (χ3v) is 5.08. The van der Waals surface area contributed by atoms with Crippen LogP contribution in [-0.4, -0.2) is 27.3 Å². The molecule has 3 rings (SSSR count). The monoisotopic (exact) mass is 446 g/mol. The average molecular weight is 447 g/mol. The molecule has 2 aromatic carbocycles. The summed E-state index contributed by atoms with van der Waals surface area (Å²) in [7, 11) is 0. The van der Waals surface area contributed by atoms with Gasteiger partial charge in [-0.3, -0.25) is 4.79 Å². The first-order valence-electron chi connectivity index (χ1n) is 8.52. The number of aromatic nitrogens is 3. The topological polar surface area (TPSA) is 69.0 Å². The van der Waals surface area contributed by atoms with E-state index in [2.05, 4.69) is 31.3 Å². The molecule has 3 aromatic rings. The number of halogens is 1. The van der Waals surface area contributed by atoms with E-state index in [1.807, 2.05) is 50.2 Å². The largest absolute Gasteiger partial charge is 0.493 e. The Balaban J connectivity index is 1.85. The van der Waals surface area contributed by atoms with Gasteiger partial charge >= 0.3 is 0 Å². The Morgan fingerprint density at radius 3 is 2.70 bits per heavy atom. The number of ether oxygens (including phenoxy) is 1. The molecule has 0 saturated heterocycles. The normalized spacial score (nSPS) is 10.6. The van der Waals surface area contributed by atoms with Crippen LogP contribution in [0.25, 0.3) is 0 Å². The standard InChI is InChI=1S/C19H19BrN4O2S/c1-3-24-19(22-18(20)23-24)27-16-12-8-6-10-14(16)21-17(25)13-9-5-7-11-15(13)26-4-2/h5-12H,3-4H2,1-2H3,(H,21,25). The van der Waals surface area contributed by atoms with Crippen molar-refractivity contribution in [2.75, 3.05) is 11.9 Å². The summed E-state index contributed by atoms with van der Waals surface area (Å²) in [5, 5.41) is 8.03. The van der Waals surface area contributed by atoms with Crippen molar-refractivity contribution in [3.05, 3.63) is 58.8 Å². The van der Waals surface area contributed by atoms with Crippen LogP contribution in [0.15, 0.2) is 63.3 Å². The number of carbonyl (C=O) groups excluding carboxylic acids is 1. The van der Waals surface area contributed by atoms with Gasteiger partial charge in [0, 0.05) is 11.4 Å². The summed E-state index contributed by atoms with van der Waals surface area (Å²) >= 11 is 4.76. The van der Waals surface area contributed by atoms with Crippen molar-refractivity contribution in [1.82, 2.24) is 14.8 Å². The lowest BCUT2D eigenvalue weighted by Crippen LogP contribution is -2.14. The van der Waals surface area contributed by atoms with Gasteiger partial charge in [0.1, 0.15) is 5.75 Å². The number of aryl methyl sites for hydroxylation is 1. The minimum Gasteiger partial charge on any atom is -0.493 e. The summed E-state index contributed by atoms with van der Waals surface area (Å²) in [5.41, 5.74) is 1.21. The second kappa shape index (κ2) is 9.05. The highest BCUT2D eigenvalue weighted by Gasteiger charge is 2.16. The van der Waals surface area contributed by atoms with Crippen molar-refractivity contribution in [3.8, 4) is 5.75 Å². The molecule has 0 atom stereocenters. The summed E-state index contributed by atoms with van der Waals surface area (Å²) in [6.45, 7) is 5.10. The van der Waals surface area contributed by atoms with Crippen molar-refractivity contribution in [2.24, 2.45) is 0 Å². The lowest BCUT2D eigenvalue weighted by molar-refractivity contribution is 0.102. The van der Waals surface area contributed by atoms with E-state index in [9.17, 15) is 4.79 Å². The molecule has 0 saturated carbocycles. The van der Waals surface area contributed by atoms with E-state index in [0.29, 0.717) is 34.9 Å². The molecule has 0 radical (unpaired) electrons. The predicted molar refractivity (Wildman–Crippen MR) is 110 cm³/mol. The molecule has 0 fully saturated rings. The van der Waals surface area contributed by atoms with Crippen LogP contribution in [0, 0.1) is 0 Å². The zero-order chi connectivity index (χ0) is 19.2. The molecule has 0 spiro atoms. The van der Waals surface area contributed by atoms with Crippen LogP contribution in [0.4, 0.5) is 5.69 Å². The van der Waals surface area contributed by atoms with Crippen molar-refractivity contribution < 1.29 is 9.53 Å². The van der Waals surface area contributed by atoms with Crippen molar-refractivity contribution in [2.45, 2.75) is 30.4 Å². The molecule has 0 unspecified atom stereocenters. The van der Waals surface area contributed by atoms with Gasteiger partial charge in [0.2, 0.25) is 4.73 Å². The Morgan fingerprint density at radius 1 is 1.19 bits per heavy atom. The molecule has 0 aliphatic heterocycles. The minimum atomic E-state index is -0.217. The Morgan fingerprint density at radius 2 is 1.93 bits per heavy atom. The van der Waals surface area contributed by atoms with Crippen LogP contribution < -0.4 is 10.1 Å². The van der Waals surface area contributed by atoms with Gasteiger partial charge in [-0.15, -0.1) is 5.10 Å². The molecule has 1 amide bonds. The van der Waals surface area contributed by atoms with E-state index in [1.165, 1.54) is 11.8 Å². The lowest BCUT2D eigenvalue weighted by atomic mass is 10.2. The molecular formula is C19H19BrN4O2S. The zero-order valence-corrected chi connectivity index (χ0v) is 17.4. The number of hydrogen-bond acceptors (Lipinski definition) is 5. The highest BCUT2D eigenvalue weighted by molar-refractivity contribution is 9.10. The van der Waals surface area contributed by atoms with E-state index in [4.69, 9.17) is 4.74 Å². The van der Waals surface area contributed by atoms with Crippen LogP contribution >= 0.6 is 27.7 Å². The van der Waals surface area contributed by atoms with Gasteiger partial charge in [0.25, 0.3) is 5.91 Å². The maximum absolute atomic E-state index is 12.8. The summed E-state index contributed by atoms with van der Waals surface area (Å²) in [4.78, 5) is 18.1. The molecule has 1 N–H and O–H groups in total. The highest BCUT2D eigenvalue weighted by atomic mass is 79.9. The van der Waals surface area contributed by atoms with Gasteiger partial charge in [-0.1, -0.05) is 24.3 Å². The van der Waals surface area contributed by atoms with Crippen molar-refractivity contribution in [3.63, 3.8) is 0 Å². The number of benzene rings is 2. The number of carbonyl (C=O) groups is 1. The minimum absolute atomic E-state index is 0.217. The van der Waals surface area contributed by atoms with E-state index < -0.39 is 0 Å². The summed E-state index contributed by atoms with van der Waals surface area (Å²) < 4.78 is 7.91. The number of para-hydroxylation sites is 2. The molecule has 0 aliphatic carbocycles. The molecule has 27 heavy (non-hydrogen) atoms. The number of anilines is 1. The molecule has 1 heterocycles. The smallest absolute Gasteiger partial charge is 0.259 e. The van der Waals surface area contributed by atoms with E-state index in [1.54, 1.807) is 16.8 Å². The fourth-order valence-electron chi connectivity index (χ4n) is 2.47. The SMILES string of the molecule is CCOc1ccccc1C(=O)Nc1ccccc1Sc1nc(Br)nn1CC. The van der Waals surface area contributed by atoms with Gasteiger partial charge < -0.3 is 10.1 Å². The van der Waals surface area contributed by atoms with Crippen LogP contribution in [-0.2, 0) is 6.54 Å². The number of nitrogens with zero attached hydrogens (tertiary/aromatic N) is 3. The quantitative estimate of drug-likeness (QED) is 0.560.